The number of hydrogen-bond acceptors (Lipinski definition) is 6. The van der Waals surface area contributed by atoms with E-state index in [0.29, 0.717) is 60.8 Å². The van der Waals surface area contributed by atoms with Gasteiger partial charge in [-0.15, -0.1) is 0 Å². The van der Waals surface area contributed by atoms with Crippen LogP contribution in [0.1, 0.15) is 211 Å². The van der Waals surface area contributed by atoms with Crippen molar-refractivity contribution in [2.45, 2.75) is 160 Å². The summed E-state index contributed by atoms with van der Waals surface area (Å²) in [4.78, 5) is 56.1. The molecule has 0 spiro atoms. The molecule has 2 N–H and O–H groups in total. The van der Waals surface area contributed by atoms with E-state index in [1.807, 2.05) is 126 Å². The number of phenols is 2. The average molecular weight is 871 g/mol. The minimum atomic E-state index is -0.284. The molecule has 0 bridgehead atoms. The highest BCUT2D eigenvalue weighted by Gasteiger charge is 2.35. The van der Waals surface area contributed by atoms with Crippen molar-refractivity contribution in [2.75, 3.05) is 0 Å². The Balaban J connectivity index is 1.89. The lowest BCUT2D eigenvalue weighted by molar-refractivity contribution is 0.0904. The highest BCUT2D eigenvalue weighted by atomic mass is 16.3. The molecule has 6 nitrogen and oxygen atoms in total. The lowest BCUT2D eigenvalue weighted by Gasteiger charge is -2.37. The number of benzene rings is 4. The first-order chi connectivity index (χ1) is 29.5. The van der Waals surface area contributed by atoms with Crippen molar-refractivity contribution >= 4 is 23.1 Å². The molecular formula is C58H78O6. The van der Waals surface area contributed by atoms with Gasteiger partial charge in [0.15, 0.2) is 34.6 Å². The zero-order valence-electron chi connectivity index (χ0n) is 41.6. The van der Waals surface area contributed by atoms with Gasteiger partial charge in [-0.3, -0.25) is 19.2 Å². The lowest BCUT2D eigenvalue weighted by Crippen LogP contribution is -2.26. The molecule has 0 amide bonds. The van der Waals surface area contributed by atoms with E-state index < -0.39 is 0 Å². The van der Waals surface area contributed by atoms with Crippen molar-refractivity contribution in [3.05, 3.63) is 129 Å². The number of aromatic hydroxyl groups is 2. The van der Waals surface area contributed by atoms with Crippen LogP contribution in [0.5, 0.6) is 11.5 Å². The van der Waals surface area contributed by atoms with Crippen LogP contribution in [-0.2, 0) is 12.8 Å². The summed E-state index contributed by atoms with van der Waals surface area (Å²) in [6.45, 7) is 29.1. The minimum absolute atomic E-state index is 0.00683. The van der Waals surface area contributed by atoms with E-state index in [1.54, 1.807) is 6.07 Å². The van der Waals surface area contributed by atoms with Gasteiger partial charge in [0.1, 0.15) is 0 Å². The summed E-state index contributed by atoms with van der Waals surface area (Å²) in [5, 5.41) is 20.3. The van der Waals surface area contributed by atoms with Crippen molar-refractivity contribution in [2.24, 2.45) is 33.5 Å². The quantitative estimate of drug-likeness (QED) is 0.0717. The maximum Gasteiger partial charge on any atom is 0.164 e. The van der Waals surface area contributed by atoms with Crippen molar-refractivity contribution in [3.63, 3.8) is 0 Å². The first-order valence-corrected chi connectivity index (χ1v) is 23.5. The summed E-state index contributed by atoms with van der Waals surface area (Å²) in [5.74, 6) is -0.357. The lowest BCUT2D eigenvalue weighted by atomic mass is 9.67. The standard InChI is InChI=1S/C58H78O6/c1-37(29-40-23-26-44(50(61)33-55(3,4)5)46(30-40)52(63)35-57(9,10)11)38(2)54(43(41-20-16-15-17-21-41)22-18-19-39-24-28-48(59)49(60)31-39)42-25-27-45(51(62)34-56(6,7)8)47(32-42)53(64)36-58(12,13)14/h15-17,20-21,23-28,30-32,37-38,43,54,59-60H,18-19,22,29,33-36H2,1-14H3. The second-order valence-electron chi connectivity index (χ2n) is 23.6. The third kappa shape index (κ3) is 15.4. The molecule has 0 aromatic heterocycles. The molecule has 0 saturated carbocycles. The van der Waals surface area contributed by atoms with Gasteiger partial charge in [0.2, 0.25) is 0 Å². The number of aryl methyl sites for hydroxylation is 1. The number of phenolic OH excluding ortho intramolecular Hbond substituents is 2. The van der Waals surface area contributed by atoms with Crippen LogP contribution in [0, 0.1) is 33.5 Å². The number of Topliss-reactive ketones (excluding diaryl/α,β-unsaturated/α-hetero) is 4. The average Bonchev–Trinajstić information content (AvgIpc) is 3.16. The molecule has 6 heteroatoms. The van der Waals surface area contributed by atoms with Crippen LogP contribution >= 0.6 is 0 Å². The Morgan fingerprint density at radius 3 is 1.42 bits per heavy atom. The predicted octanol–water partition coefficient (Wildman–Crippen LogP) is 15.0. The van der Waals surface area contributed by atoms with Crippen molar-refractivity contribution < 1.29 is 29.4 Å². The van der Waals surface area contributed by atoms with E-state index in [2.05, 4.69) is 44.2 Å². The van der Waals surface area contributed by atoms with Gasteiger partial charge in [0.05, 0.1) is 0 Å². The fourth-order valence-corrected chi connectivity index (χ4v) is 9.06. The van der Waals surface area contributed by atoms with Gasteiger partial charge >= 0.3 is 0 Å². The Kier molecular flexibility index (Phi) is 17.0. The second-order valence-corrected chi connectivity index (χ2v) is 23.6. The van der Waals surface area contributed by atoms with E-state index in [0.717, 1.165) is 29.5 Å². The monoisotopic (exact) mass is 871 g/mol. The summed E-state index contributed by atoms with van der Waals surface area (Å²) in [6.07, 6.45) is 4.22. The molecule has 0 heterocycles. The minimum Gasteiger partial charge on any atom is -0.504 e. The Morgan fingerprint density at radius 1 is 0.484 bits per heavy atom. The van der Waals surface area contributed by atoms with Crippen LogP contribution < -0.4 is 0 Å². The smallest absolute Gasteiger partial charge is 0.164 e. The van der Waals surface area contributed by atoms with Gasteiger partial charge in [0, 0.05) is 47.9 Å². The largest absolute Gasteiger partial charge is 0.504 e. The molecule has 0 fully saturated rings. The molecule has 64 heavy (non-hydrogen) atoms. The molecule has 0 radical (unpaired) electrons. The highest BCUT2D eigenvalue weighted by Crippen LogP contribution is 2.46. The van der Waals surface area contributed by atoms with Gasteiger partial charge in [-0.05, 0) is 118 Å². The Bertz CT molecular complexity index is 2250. The summed E-state index contributed by atoms with van der Waals surface area (Å²) in [6, 6.07) is 27.3. The fourth-order valence-electron chi connectivity index (χ4n) is 9.06. The van der Waals surface area contributed by atoms with E-state index >= 15 is 0 Å². The molecule has 4 rings (SSSR count). The summed E-state index contributed by atoms with van der Waals surface area (Å²) >= 11 is 0. The van der Waals surface area contributed by atoms with Gasteiger partial charge in [-0.25, -0.2) is 0 Å². The van der Waals surface area contributed by atoms with Crippen LogP contribution in [0.2, 0.25) is 0 Å². The molecule has 346 valence electrons. The number of carbonyl (C=O) groups excluding carboxylic acids is 4. The maximum absolute atomic E-state index is 14.4. The molecule has 4 aromatic carbocycles. The molecular weight excluding hydrogens is 793 g/mol. The summed E-state index contributed by atoms with van der Waals surface area (Å²) < 4.78 is 0. The van der Waals surface area contributed by atoms with Crippen molar-refractivity contribution in [1.29, 1.82) is 0 Å². The van der Waals surface area contributed by atoms with Crippen molar-refractivity contribution in [3.8, 4) is 11.5 Å². The van der Waals surface area contributed by atoms with E-state index in [1.165, 1.54) is 11.6 Å². The van der Waals surface area contributed by atoms with Gasteiger partial charge in [-0.1, -0.05) is 158 Å². The number of carbonyl (C=O) groups is 4. The maximum atomic E-state index is 14.4. The normalized spacial score (nSPS) is 14.4. The molecule has 4 aromatic rings. The van der Waals surface area contributed by atoms with Gasteiger partial charge in [0.25, 0.3) is 0 Å². The Labute approximate surface area is 385 Å². The van der Waals surface area contributed by atoms with Crippen LogP contribution in [0.4, 0.5) is 0 Å². The third-order valence-corrected chi connectivity index (χ3v) is 12.2. The Morgan fingerprint density at radius 2 is 0.938 bits per heavy atom. The Hall–Kier alpha value is -4.84. The first-order valence-electron chi connectivity index (χ1n) is 23.5. The fraction of sp³-hybridized carbons (Fsp3) is 0.517. The van der Waals surface area contributed by atoms with Gasteiger partial charge < -0.3 is 10.2 Å². The van der Waals surface area contributed by atoms with E-state index in [4.69, 9.17) is 0 Å². The van der Waals surface area contributed by atoms with Crippen LogP contribution in [0.3, 0.4) is 0 Å². The first kappa shape index (κ1) is 51.8. The second kappa shape index (κ2) is 21.0. The molecule has 4 atom stereocenters. The van der Waals surface area contributed by atoms with Crippen molar-refractivity contribution in [1.82, 2.24) is 0 Å². The number of rotatable bonds is 19. The topological polar surface area (TPSA) is 109 Å². The van der Waals surface area contributed by atoms with Gasteiger partial charge in [-0.2, -0.15) is 0 Å². The highest BCUT2D eigenvalue weighted by molar-refractivity contribution is 6.10. The molecule has 0 aliphatic carbocycles. The number of hydrogen-bond donors (Lipinski definition) is 2. The number of ketones is 4. The van der Waals surface area contributed by atoms with Crippen LogP contribution in [0.25, 0.3) is 0 Å². The molecule has 0 saturated heterocycles. The summed E-state index contributed by atoms with van der Waals surface area (Å²) in [5.41, 5.74) is 5.04. The molecule has 4 unspecified atom stereocenters. The van der Waals surface area contributed by atoms with E-state index in [9.17, 15) is 29.4 Å². The molecule has 0 aliphatic heterocycles. The van der Waals surface area contributed by atoms with Crippen LogP contribution in [-0.4, -0.2) is 33.3 Å². The van der Waals surface area contributed by atoms with E-state index in [-0.39, 0.29) is 80.0 Å². The zero-order chi connectivity index (χ0) is 47.9. The predicted molar refractivity (Wildman–Crippen MR) is 263 cm³/mol. The zero-order valence-corrected chi connectivity index (χ0v) is 41.6. The molecule has 0 aliphatic rings. The summed E-state index contributed by atoms with van der Waals surface area (Å²) in [7, 11) is 0. The van der Waals surface area contributed by atoms with Crippen LogP contribution in [0.15, 0.2) is 84.9 Å². The SMILES string of the molecule is CC(Cc1ccc(C(=O)CC(C)(C)C)c(C(=O)CC(C)(C)C)c1)C(C)C(c1ccc(C(=O)CC(C)(C)C)c(C(=O)CC(C)(C)C)c1)C(CCCc1ccc(O)c(O)c1)c1ccccc1. The third-order valence-electron chi connectivity index (χ3n) is 12.2.